The van der Waals surface area contributed by atoms with Crippen LogP contribution in [-0.4, -0.2) is 26.1 Å². The van der Waals surface area contributed by atoms with Crippen molar-refractivity contribution in [2.75, 3.05) is 5.32 Å². The van der Waals surface area contributed by atoms with Gasteiger partial charge in [-0.25, -0.2) is 4.68 Å². The monoisotopic (exact) mass is 435 g/mol. The minimum Gasteiger partial charge on any atom is -0.325 e. The molecule has 0 saturated heterocycles. The first-order chi connectivity index (χ1) is 11.1. The summed E-state index contributed by atoms with van der Waals surface area (Å²) in [6.07, 6.45) is 1.81. The summed E-state index contributed by atoms with van der Waals surface area (Å²) in [5.41, 5.74) is 2.49. The number of hydrogen-bond acceptors (Lipinski definition) is 4. The third-order valence-electron chi connectivity index (χ3n) is 3.12. The van der Waals surface area contributed by atoms with Crippen molar-refractivity contribution in [1.29, 1.82) is 0 Å². The van der Waals surface area contributed by atoms with Gasteiger partial charge in [0.1, 0.15) is 6.33 Å². The lowest BCUT2D eigenvalue weighted by atomic mass is 10.1. The van der Waals surface area contributed by atoms with Gasteiger partial charge in [0.05, 0.1) is 17.8 Å². The van der Waals surface area contributed by atoms with Gasteiger partial charge in [-0.05, 0) is 62.3 Å². The Labute approximate surface area is 149 Å². The van der Waals surface area contributed by atoms with E-state index in [-0.39, 0.29) is 5.91 Å². The molecule has 0 spiro atoms. The van der Waals surface area contributed by atoms with Gasteiger partial charge in [0.2, 0.25) is 5.91 Å². The second-order valence-corrected chi connectivity index (χ2v) is 6.54. The van der Waals surface area contributed by atoms with Crippen LogP contribution >= 0.6 is 31.9 Å². The molecule has 3 rings (SSSR count). The summed E-state index contributed by atoms with van der Waals surface area (Å²) in [7, 11) is 0. The van der Waals surface area contributed by atoms with Crippen LogP contribution in [0, 0.1) is 0 Å². The van der Waals surface area contributed by atoms with E-state index in [1.54, 1.807) is 4.68 Å². The quantitative estimate of drug-likeness (QED) is 0.680. The molecule has 0 aliphatic carbocycles. The largest absolute Gasteiger partial charge is 0.325 e. The van der Waals surface area contributed by atoms with Gasteiger partial charge in [0, 0.05) is 8.95 Å². The summed E-state index contributed by atoms with van der Waals surface area (Å²) in [6.45, 7) is 0. The normalized spacial score (nSPS) is 10.5. The van der Waals surface area contributed by atoms with Crippen LogP contribution in [0.15, 0.2) is 57.7 Å². The van der Waals surface area contributed by atoms with Crippen molar-refractivity contribution in [3.63, 3.8) is 0 Å². The number of carbonyl (C=O) groups excluding carboxylic acids is 1. The number of hydrogen-bond donors (Lipinski definition) is 1. The molecule has 1 N–H and O–H groups in total. The number of rotatable bonds is 4. The van der Waals surface area contributed by atoms with Crippen LogP contribution in [0.1, 0.15) is 5.56 Å². The maximum Gasteiger partial charge on any atom is 0.228 e. The molecule has 0 saturated carbocycles. The lowest BCUT2D eigenvalue weighted by Crippen LogP contribution is -2.14. The van der Waals surface area contributed by atoms with Gasteiger partial charge in [-0.1, -0.05) is 28.1 Å². The van der Waals surface area contributed by atoms with Gasteiger partial charge < -0.3 is 5.32 Å². The van der Waals surface area contributed by atoms with Crippen LogP contribution < -0.4 is 5.32 Å². The highest BCUT2D eigenvalue weighted by atomic mass is 79.9. The first-order valence-electron chi connectivity index (χ1n) is 6.69. The predicted molar refractivity (Wildman–Crippen MR) is 93.3 cm³/mol. The molecular formula is C15H11Br2N5O. The van der Waals surface area contributed by atoms with Gasteiger partial charge >= 0.3 is 0 Å². The Balaban J connectivity index is 1.66. The summed E-state index contributed by atoms with van der Waals surface area (Å²) >= 11 is 6.81. The summed E-state index contributed by atoms with van der Waals surface area (Å²) < 4.78 is 3.33. The number of nitrogens with zero attached hydrogens (tertiary/aromatic N) is 4. The molecule has 0 atom stereocenters. The summed E-state index contributed by atoms with van der Waals surface area (Å²) in [6, 6.07) is 13.1. The van der Waals surface area contributed by atoms with Crippen molar-refractivity contribution in [3.8, 4) is 5.69 Å². The fourth-order valence-corrected chi connectivity index (χ4v) is 3.16. The number of aromatic nitrogens is 4. The smallest absolute Gasteiger partial charge is 0.228 e. The minimum absolute atomic E-state index is 0.0804. The molecule has 1 aromatic heterocycles. The zero-order chi connectivity index (χ0) is 16.2. The van der Waals surface area contributed by atoms with Crippen molar-refractivity contribution < 1.29 is 4.79 Å². The molecule has 1 heterocycles. The van der Waals surface area contributed by atoms with E-state index in [4.69, 9.17) is 0 Å². The van der Waals surface area contributed by atoms with Crippen LogP contribution in [0.2, 0.25) is 0 Å². The summed E-state index contributed by atoms with van der Waals surface area (Å²) in [4.78, 5) is 12.2. The molecule has 2 aromatic carbocycles. The van der Waals surface area contributed by atoms with Crippen LogP contribution in [0.25, 0.3) is 5.69 Å². The molecule has 0 radical (unpaired) electrons. The molecule has 6 nitrogen and oxygen atoms in total. The van der Waals surface area contributed by atoms with Crippen molar-refractivity contribution in [1.82, 2.24) is 20.2 Å². The third-order valence-corrected chi connectivity index (χ3v) is 4.27. The second-order valence-electron chi connectivity index (χ2n) is 4.77. The topological polar surface area (TPSA) is 72.7 Å². The molecule has 0 aliphatic rings. The van der Waals surface area contributed by atoms with Crippen LogP contribution in [0.3, 0.4) is 0 Å². The van der Waals surface area contributed by atoms with Gasteiger partial charge in [-0.3, -0.25) is 4.79 Å². The van der Waals surface area contributed by atoms with E-state index in [1.165, 1.54) is 6.33 Å². The molecular weight excluding hydrogens is 426 g/mol. The second kappa shape index (κ2) is 7.01. The van der Waals surface area contributed by atoms with Crippen LogP contribution in [-0.2, 0) is 11.2 Å². The fourth-order valence-electron chi connectivity index (χ4n) is 2.02. The predicted octanol–water partition coefficient (Wildman–Crippen LogP) is 3.37. The number of anilines is 1. The molecule has 0 bridgehead atoms. The SMILES string of the molecule is O=C(Cc1ccc(-n2cnnn2)cc1)Nc1ccc(Br)cc1Br. The lowest BCUT2D eigenvalue weighted by molar-refractivity contribution is -0.115. The van der Waals surface area contributed by atoms with Gasteiger partial charge in [0.25, 0.3) is 0 Å². The number of tetrazole rings is 1. The molecule has 0 aliphatic heterocycles. The molecule has 23 heavy (non-hydrogen) atoms. The zero-order valence-electron chi connectivity index (χ0n) is 11.8. The Bertz CT molecular complexity index is 818. The Kier molecular flexibility index (Phi) is 4.82. The van der Waals surface area contributed by atoms with Crippen molar-refractivity contribution >= 4 is 43.5 Å². The van der Waals surface area contributed by atoms with Gasteiger partial charge in [-0.15, -0.1) is 5.10 Å². The minimum atomic E-state index is -0.0804. The summed E-state index contributed by atoms with van der Waals surface area (Å²) in [5, 5.41) is 13.9. The first-order valence-corrected chi connectivity index (χ1v) is 8.27. The Morgan fingerprint density at radius 2 is 1.91 bits per heavy atom. The van der Waals surface area contributed by atoms with Crippen molar-refractivity contribution in [2.24, 2.45) is 0 Å². The Morgan fingerprint density at radius 1 is 1.13 bits per heavy atom. The zero-order valence-corrected chi connectivity index (χ0v) is 15.0. The number of halogens is 2. The van der Waals surface area contributed by atoms with Gasteiger partial charge in [-0.2, -0.15) is 0 Å². The highest BCUT2D eigenvalue weighted by Crippen LogP contribution is 2.26. The molecule has 1 amide bonds. The maximum absolute atomic E-state index is 12.2. The molecule has 0 unspecified atom stereocenters. The first kappa shape index (κ1) is 15.8. The number of carbonyl (C=O) groups is 1. The average Bonchev–Trinajstić information content (AvgIpc) is 3.05. The number of benzene rings is 2. The van der Waals surface area contributed by atoms with E-state index in [1.807, 2.05) is 42.5 Å². The van der Waals surface area contributed by atoms with E-state index in [2.05, 4.69) is 52.7 Å². The van der Waals surface area contributed by atoms with Crippen molar-refractivity contribution in [3.05, 3.63) is 63.3 Å². The summed E-state index contributed by atoms with van der Waals surface area (Å²) in [5.74, 6) is -0.0804. The number of nitrogens with one attached hydrogen (secondary N) is 1. The van der Waals surface area contributed by atoms with E-state index >= 15 is 0 Å². The molecule has 116 valence electrons. The fraction of sp³-hybridized carbons (Fsp3) is 0.0667. The van der Waals surface area contributed by atoms with E-state index in [9.17, 15) is 4.79 Å². The van der Waals surface area contributed by atoms with E-state index in [0.717, 1.165) is 25.9 Å². The van der Waals surface area contributed by atoms with Crippen LogP contribution in [0.5, 0.6) is 0 Å². The van der Waals surface area contributed by atoms with Crippen molar-refractivity contribution in [2.45, 2.75) is 6.42 Å². The Morgan fingerprint density at radius 3 is 2.57 bits per heavy atom. The van der Waals surface area contributed by atoms with E-state index < -0.39 is 0 Å². The van der Waals surface area contributed by atoms with E-state index in [0.29, 0.717) is 6.42 Å². The highest BCUT2D eigenvalue weighted by Gasteiger charge is 2.07. The standard InChI is InChI=1S/C15H11Br2N5O/c16-11-3-6-14(13(17)8-11)19-15(23)7-10-1-4-12(5-2-10)22-9-18-20-21-22/h1-6,8-9H,7H2,(H,19,23). The maximum atomic E-state index is 12.2. The lowest BCUT2D eigenvalue weighted by Gasteiger charge is -2.08. The highest BCUT2D eigenvalue weighted by molar-refractivity contribution is 9.11. The molecule has 8 heteroatoms. The molecule has 0 fully saturated rings. The Hall–Kier alpha value is -2.06. The van der Waals surface area contributed by atoms with Gasteiger partial charge in [0.15, 0.2) is 0 Å². The number of amides is 1. The molecule has 3 aromatic rings. The third kappa shape index (κ3) is 4.02. The average molecular weight is 437 g/mol. The van der Waals surface area contributed by atoms with Crippen LogP contribution in [0.4, 0.5) is 5.69 Å².